The average molecular weight is 252 g/mol. The average Bonchev–Trinajstić information content (AvgIpc) is 2.80. The third-order valence-corrected chi connectivity index (χ3v) is 3.60. The van der Waals surface area contributed by atoms with E-state index in [0.717, 1.165) is 17.4 Å². The fourth-order valence-electron chi connectivity index (χ4n) is 2.71. The molecule has 0 spiro atoms. The van der Waals surface area contributed by atoms with Crippen molar-refractivity contribution in [1.82, 2.24) is 0 Å². The van der Waals surface area contributed by atoms with E-state index in [1.807, 2.05) is 37.3 Å². The summed E-state index contributed by atoms with van der Waals surface area (Å²) in [4.78, 5) is 12.3. The first kappa shape index (κ1) is 12.0. The van der Waals surface area contributed by atoms with E-state index < -0.39 is 0 Å². The highest BCUT2D eigenvalue weighted by molar-refractivity contribution is 6.03. The molecule has 0 heterocycles. The number of rotatable bonds is 3. The molecular formula is C17H16O2. The summed E-state index contributed by atoms with van der Waals surface area (Å²) in [6.07, 6.45) is 2.65. The van der Waals surface area contributed by atoms with Gasteiger partial charge in [0.1, 0.15) is 0 Å². The quantitative estimate of drug-likeness (QED) is 0.830. The number of hydrogen-bond acceptors (Lipinski definition) is 2. The molecule has 0 aromatic heterocycles. The SMILES string of the molecule is CCOC1=CCC(c2cccc3ccccc23)C1=O. The molecule has 0 saturated heterocycles. The third-order valence-electron chi connectivity index (χ3n) is 3.60. The lowest BCUT2D eigenvalue weighted by molar-refractivity contribution is -0.119. The van der Waals surface area contributed by atoms with Gasteiger partial charge in [-0.05, 0) is 35.8 Å². The second-order valence-corrected chi connectivity index (χ2v) is 4.72. The van der Waals surface area contributed by atoms with Gasteiger partial charge in [-0.15, -0.1) is 0 Å². The Balaban J connectivity index is 2.01. The van der Waals surface area contributed by atoms with Crippen molar-refractivity contribution in [2.75, 3.05) is 6.61 Å². The summed E-state index contributed by atoms with van der Waals surface area (Å²) in [5.74, 6) is 0.547. The molecule has 0 fully saturated rings. The van der Waals surface area contributed by atoms with E-state index in [1.54, 1.807) is 0 Å². The van der Waals surface area contributed by atoms with Crippen molar-refractivity contribution in [2.45, 2.75) is 19.3 Å². The number of carbonyl (C=O) groups is 1. The zero-order valence-corrected chi connectivity index (χ0v) is 10.9. The minimum Gasteiger partial charge on any atom is -0.490 e. The molecule has 2 heteroatoms. The third kappa shape index (κ3) is 2.03. The maximum atomic E-state index is 12.3. The Morgan fingerprint density at radius 3 is 2.79 bits per heavy atom. The van der Waals surface area contributed by atoms with Gasteiger partial charge in [-0.3, -0.25) is 4.79 Å². The first-order valence-electron chi connectivity index (χ1n) is 6.66. The van der Waals surface area contributed by atoms with E-state index in [4.69, 9.17) is 4.74 Å². The van der Waals surface area contributed by atoms with Crippen molar-refractivity contribution in [3.05, 3.63) is 59.9 Å². The van der Waals surface area contributed by atoms with Gasteiger partial charge in [-0.1, -0.05) is 42.5 Å². The van der Waals surface area contributed by atoms with Gasteiger partial charge < -0.3 is 4.74 Å². The molecule has 0 saturated carbocycles. The lowest BCUT2D eigenvalue weighted by atomic mass is 9.91. The van der Waals surface area contributed by atoms with Crippen molar-refractivity contribution in [3.8, 4) is 0 Å². The maximum Gasteiger partial charge on any atom is 0.204 e. The standard InChI is InChI=1S/C17H16O2/c1-2-19-16-11-10-15(17(16)18)14-9-5-7-12-6-3-4-8-13(12)14/h3-9,11,15H,2,10H2,1H3. The van der Waals surface area contributed by atoms with Gasteiger partial charge in [-0.2, -0.15) is 0 Å². The monoisotopic (exact) mass is 252 g/mol. The van der Waals surface area contributed by atoms with Gasteiger partial charge in [0.15, 0.2) is 5.76 Å². The van der Waals surface area contributed by atoms with E-state index >= 15 is 0 Å². The van der Waals surface area contributed by atoms with Crippen LogP contribution in [-0.2, 0) is 9.53 Å². The van der Waals surface area contributed by atoms with Gasteiger partial charge in [0.2, 0.25) is 5.78 Å². The van der Waals surface area contributed by atoms with Crippen LogP contribution in [0.4, 0.5) is 0 Å². The normalized spacial score (nSPS) is 18.7. The highest BCUT2D eigenvalue weighted by atomic mass is 16.5. The van der Waals surface area contributed by atoms with Gasteiger partial charge in [0.05, 0.1) is 12.5 Å². The Labute approximate surface area is 112 Å². The molecule has 2 aromatic carbocycles. The number of Topliss-reactive ketones (excluding diaryl/α,β-unsaturated/α-hetero) is 1. The van der Waals surface area contributed by atoms with Crippen molar-refractivity contribution in [1.29, 1.82) is 0 Å². The smallest absolute Gasteiger partial charge is 0.204 e. The Morgan fingerprint density at radius 2 is 1.95 bits per heavy atom. The van der Waals surface area contributed by atoms with Gasteiger partial charge >= 0.3 is 0 Å². The molecule has 0 N–H and O–H groups in total. The number of carbonyl (C=O) groups excluding carboxylic acids is 1. The second kappa shape index (κ2) is 4.88. The van der Waals surface area contributed by atoms with Gasteiger partial charge in [0, 0.05) is 0 Å². The molecule has 1 atom stereocenters. The molecule has 3 rings (SSSR count). The Morgan fingerprint density at radius 1 is 1.16 bits per heavy atom. The predicted molar refractivity (Wildman–Crippen MR) is 76.0 cm³/mol. The molecule has 0 radical (unpaired) electrons. The molecular weight excluding hydrogens is 236 g/mol. The van der Waals surface area contributed by atoms with Crippen molar-refractivity contribution < 1.29 is 9.53 Å². The molecule has 0 bridgehead atoms. The highest BCUT2D eigenvalue weighted by Gasteiger charge is 2.30. The van der Waals surface area contributed by atoms with Crippen LogP contribution in [0.1, 0.15) is 24.8 Å². The molecule has 96 valence electrons. The molecule has 2 aromatic rings. The predicted octanol–water partition coefficient (Wildman–Crippen LogP) is 3.82. The van der Waals surface area contributed by atoms with Crippen LogP contribution in [-0.4, -0.2) is 12.4 Å². The van der Waals surface area contributed by atoms with E-state index in [2.05, 4.69) is 18.2 Å². The summed E-state index contributed by atoms with van der Waals surface area (Å²) in [5.41, 5.74) is 1.11. The summed E-state index contributed by atoms with van der Waals surface area (Å²) in [7, 11) is 0. The molecule has 2 nitrogen and oxygen atoms in total. The number of ether oxygens (including phenoxy) is 1. The largest absolute Gasteiger partial charge is 0.490 e. The summed E-state index contributed by atoms with van der Waals surface area (Å²) in [5, 5.41) is 2.34. The molecule has 0 aliphatic heterocycles. The zero-order chi connectivity index (χ0) is 13.2. The highest BCUT2D eigenvalue weighted by Crippen LogP contribution is 2.35. The fourth-order valence-corrected chi connectivity index (χ4v) is 2.71. The minimum atomic E-state index is -0.0901. The van der Waals surface area contributed by atoms with Crippen LogP contribution >= 0.6 is 0 Å². The van der Waals surface area contributed by atoms with E-state index in [9.17, 15) is 4.79 Å². The zero-order valence-electron chi connectivity index (χ0n) is 10.9. The van der Waals surface area contributed by atoms with E-state index in [-0.39, 0.29) is 11.7 Å². The number of fused-ring (bicyclic) bond motifs is 1. The van der Waals surface area contributed by atoms with Crippen LogP contribution in [0.15, 0.2) is 54.3 Å². The van der Waals surface area contributed by atoms with Crippen LogP contribution in [0.2, 0.25) is 0 Å². The summed E-state index contributed by atoms with van der Waals surface area (Å²) in [6.45, 7) is 2.44. The Kier molecular flexibility index (Phi) is 3.08. The van der Waals surface area contributed by atoms with Crippen LogP contribution in [0.5, 0.6) is 0 Å². The first-order chi connectivity index (χ1) is 9.31. The molecule has 0 amide bonds. The molecule has 1 unspecified atom stereocenters. The van der Waals surface area contributed by atoms with Crippen molar-refractivity contribution in [2.24, 2.45) is 0 Å². The lowest BCUT2D eigenvalue weighted by Gasteiger charge is -2.13. The number of allylic oxidation sites excluding steroid dienone is 2. The van der Waals surface area contributed by atoms with E-state index in [1.165, 1.54) is 5.39 Å². The van der Waals surface area contributed by atoms with Crippen LogP contribution < -0.4 is 0 Å². The summed E-state index contributed by atoms with van der Waals surface area (Å²) < 4.78 is 5.39. The van der Waals surface area contributed by atoms with E-state index in [0.29, 0.717) is 12.4 Å². The second-order valence-electron chi connectivity index (χ2n) is 4.72. The number of benzene rings is 2. The topological polar surface area (TPSA) is 26.3 Å². The first-order valence-corrected chi connectivity index (χ1v) is 6.66. The lowest BCUT2D eigenvalue weighted by Crippen LogP contribution is -2.10. The van der Waals surface area contributed by atoms with Crippen molar-refractivity contribution in [3.63, 3.8) is 0 Å². The summed E-state index contributed by atoms with van der Waals surface area (Å²) >= 11 is 0. The van der Waals surface area contributed by atoms with Crippen LogP contribution in [0.3, 0.4) is 0 Å². The van der Waals surface area contributed by atoms with Crippen molar-refractivity contribution >= 4 is 16.6 Å². The number of ketones is 1. The Bertz CT molecular complexity index is 650. The molecule has 19 heavy (non-hydrogen) atoms. The van der Waals surface area contributed by atoms with Crippen LogP contribution in [0, 0.1) is 0 Å². The Hall–Kier alpha value is -2.09. The van der Waals surface area contributed by atoms with Gasteiger partial charge in [0.25, 0.3) is 0 Å². The summed E-state index contributed by atoms with van der Waals surface area (Å²) in [6, 6.07) is 14.3. The molecule has 1 aliphatic carbocycles. The number of hydrogen-bond donors (Lipinski definition) is 0. The fraction of sp³-hybridized carbons (Fsp3) is 0.235. The van der Waals surface area contributed by atoms with Gasteiger partial charge in [-0.25, -0.2) is 0 Å². The maximum absolute atomic E-state index is 12.3. The minimum absolute atomic E-state index is 0.0901. The van der Waals surface area contributed by atoms with Crippen LogP contribution in [0.25, 0.3) is 10.8 Å². The molecule has 1 aliphatic rings.